The van der Waals surface area contributed by atoms with Crippen molar-refractivity contribution < 1.29 is 22.8 Å². The summed E-state index contributed by atoms with van der Waals surface area (Å²) in [5, 5.41) is 3.37. The van der Waals surface area contributed by atoms with E-state index in [0.717, 1.165) is 9.87 Å². The van der Waals surface area contributed by atoms with Gasteiger partial charge < -0.3 is 10.2 Å². The van der Waals surface area contributed by atoms with Gasteiger partial charge in [0.15, 0.2) is 0 Å². The highest BCUT2D eigenvalue weighted by molar-refractivity contribution is 7.90. The number of carbonyl (C=O) groups is 3. The summed E-state index contributed by atoms with van der Waals surface area (Å²) in [6.07, 6.45) is 0.107. The molecule has 1 aliphatic rings. The fourth-order valence-electron chi connectivity index (χ4n) is 3.74. The Morgan fingerprint density at radius 2 is 1.71 bits per heavy atom. The molecule has 1 atom stereocenters. The van der Waals surface area contributed by atoms with Crippen molar-refractivity contribution in [2.24, 2.45) is 0 Å². The second kappa shape index (κ2) is 10.6. The summed E-state index contributed by atoms with van der Waals surface area (Å²) < 4.78 is 26.2. The van der Waals surface area contributed by atoms with Crippen molar-refractivity contribution in [1.29, 1.82) is 0 Å². The van der Waals surface area contributed by atoms with E-state index in [2.05, 4.69) is 5.32 Å². The number of hydrogen-bond donors (Lipinski definition) is 1. The highest BCUT2D eigenvalue weighted by atomic mass is 35.5. The molecule has 0 fully saturated rings. The zero-order chi connectivity index (χ0) is 25.0. The molecule has 0 radical (unpaired) electrons. The van der Waals surface area contributed by atoms with Gasteiger partial charge >= 0.3 is 0 Å². The predicted molar refractivity (Wildman–Crippen MR) is 129 cm³/mol. The largest absolute Gasteiger partial charge is 0.352 e. The molecule has 10 heteroatoms. The van der Waals surface area contributed by atoms with Gasteiger partial charge in [0.05, 0.1) is 5.56 Å². The van der Waals surface area contributed by atoms with Gasteiger partial charge in [-0.15, -0.1) is 0 Å². The van der Waals surface area contributed by atoms with Crippen LogP contribution in [0.5, 0.6) is 0 Å². The van der Waals surface area contributed by atoms with Crippen LogP contribution in [0.3, 0.4) is 0 Å². The number of amides is 3. The van der Waals surface area contributed by atoms with Crippen LogP contribution in [0, 0.1) is 0 Å². The first-order chi connectivity index (χ1) is 16.0. The van der Waals surface area contributed by atoms with Crippen LogP contribution in [-0.2, 0) is 26.2 Å². The van der Waals surface area contributed by atoms with Crippen LogP contribution in [0.2, 0.25) is 5.02 Å². The van der Waals surface area contributed by atoms with Crippen LogP contribution >= 0.6 is 11.6 Å². The molecular formula is C24H28ClN3O5S. The fourth-order valence-corrected chi connectivity index (χ4v) is 5.48. The molecule has 34 heavy (non-hydrogen) atoms. The van der Waals surface area contributed by atoms with E-state index in [4.69, 9.17) is 11.6 Å². The van der Waals surface area contributed by atoms with E-state index in [0.29, 0.717) is 5.02 Å². The standard InChI is InChI=1S/C24H28ClN3O5S/c1-16(2)26-23(30)17(3)27(15-18-10-12-19(25)13-11-18)22(29)9-6-14-28-24(31)20-7-4-5-8-21(20)34(28,32)33/h4-5,7-8,10-13,16-17H,6,9,14-15H2,1-3H3,(H,26,30). The van der Waals surface area contributed by atoms with Gasteiger partial charge in [-0.1, -0.05) is 35.9 Å². The van der Waals surface area contributed by atoms with Crippen molar-refractivity contribution in [1.82, 2.24) is 14.5 Å². The van der Waals surface area contributed by atoms with E-state index < -0.39 is 22.0 Å². The lowest BCUT2D eigenvalue weighted by Gasteiger charge is -2.29. The first-order valence-electron chi connectivity index (χ1n) is 11.0. The van der Waals surface area contributed by atoms with Gasteiger partial charge in [0, 0.05) is 30.6 Å². The molecule has 0 aliphatic carbocycles. The Labute approximate surface area is 204 Å². The Morgan fingerprint density at radius 1 is 1.06 bits per heavy atom. The Bertz CT molecular complexity index is 1180. The Balaban J connectivity index is 1.70. The molecule has 0 bridgehead atoms. The SMILES string of the molecule is CC(C)NC(=O)C(C)N(Cc1ccc(Cl)cc1)C(=O)CCCN1C(=O)c2ccccc2S1(=O)=O. The van der Waals surface area contributed by atoms with Crippen molar-refractivity contribution in [3.8, 4) is 0 Å². The van der Waals surface area contributed by atoms with Crippen LogP contribution in [0.1, 0.15) is 49.5 Å². The first kappa shape index (κ1) is 25.7. The summed E-state index contributed by atoms with van der Waals surface area (Å²) in [6, 6.07) is 12.2. The van der Waals surface area contributed by atoms with Crippen LogP contribution < -0.4 is 5.32 Å². The average Bonchev–Trinajstić information content (AvgIpc) is 2.98. The lowest BCUT2D eigenvalue weighted by molar-refractivity contribution is -0.140. The fraction of sp³-hybridized carbons (Fsp3) is 0.375. The number of rotatable bonds is 9. The van der Waals surface area contributed by atoms with E-state index in [1.807, 2.05) is 13.8 Å². The predicted octanol–water partition coefficient (Wildman–Crippen LogP) is 3.21. The third-order valence-corrected chi connectivity index (χ3v) is 7.62. The van der Waals surface area contributed by atoms with E-state index in [-0.39, 0.29) is 54.2 Å². The second-order valence-electron chi connectivity index (χ2n) is 8.47. The van der Waals surface area contributed by atoms with Gasteiger partial charge in [0.1, 0.15) is 10.9 Å². The third kappa shape index (κ3) is 5.59. The lowest BCUT2D eigenvalue weighted by atomic mass is 10.1. The second-order valence-corrected chi connectivity index (χ2v) is 10.7. The first-order valence-corrected chi connectivity index (χ1v) is 12.8. The van der Waals surface area contributed by atoms with Gasteiger partial charge in [-0.3, -0.25) is 14.4 Å². The van der Waals surface area contributed by atoms with Crippen molar-refractivity contribution in [3.05, 3.63) is 64.7 Å². The number of halogens is 1. The van der Waals surface area contributed by atoms with Crippen molar-refractivity contribution >= 4 is 39.3 Å². The molecule has 1 unspecified atom stereocenters. The molecule has 8 nitrogen and oxygen atoms in total. The third-order valence-electron chi connectivity index (χ3n) is 5.53. The highest BCUT2D eigenvalue weighted by Gasteiger charge is 2.40. The van der Waals surface area contributed by atoms with E-state index in [1.165, 1.54) is 17.0 Å². The number of carbonyl (C=O) groups excluding carboxylic acids is 3. The number of nitrogens with one attached hydrogen (secondary N) is 1. The summed E-state index contributed by atoms with van der Waals surface area (Å²) >= 11 is 5.95. The Morgan fingerprint density at radius 3 is 2.32 bits per heavy atom. The summed E-state index contributed by atoms with van der Waals surface area (Å²) in [6.45, 7) is 5.39. The van der Waals surface area contributed by atoms with Crippen LogP contribution in [0.15, 0.2) is 53.4 Å². The van der Waals surface area contributed by atoms with Crippen LogP contribution in [0.4, 0.5) is 0 Å². The number of sulfonamides is 1. The molecule has 3 rings (SSSR count). The molecule has 2 aromatic rings. The normalized spacial score (nSPS) is 15.2. The molecule has 1 aliphatic heterocycles. The minimum atomic E-state index is -3.93. The van der Waals surface area contributed by atoms with Gasteiger partial charge in [-0.05, 0) is 57.0 Å². The zero-order valence-corrected chi connectivity index (χ0v) is 20.9. The summed E-state index contributed by atoms with van der Waals surface area (Å²) in [7, 11) is -3.93. The molecule has 0 spiro atoms. The molecule has 2 aromatic carbocycles. The van der Waals surface area contributed by atoms with Crippen molar-refractivity contribution in [2.45, 2.75) is 57.1 Å². The van der Waals surface area contributed by atoms with E-state index >= 15 is 0 Å². The minimum absolute atomic E-state index is 0.0188. The summed E-state index contributed by atoms with van der Waals surface area (Å²) in [4.78, 5) is 39.8. The molecule has 0 saturated carbocycles. The average molecular weight is 506 g/mol. The maximum absolute atomic E-state index is 13.1. The van der Waals surface area contributed by atoms with Crippen LogP contribution in [-0.4, -0.2) is 54.0 Å². The lowest BCUT2D eigenvalue weighted by Crippen LogP contribution is -2.49. The monoisotopic (exact) mass is 505 g/mol. The number of nitrogens with zero attached hydrogens (tertiary/aromatic N) is 2. The number of fused-ring (bicyclic) bond motifs is 1. The molecule has 1 heterocycles. The maximum atomic E-state index is 13.1. The van der Waals surface area contributed by atoms with Gasteiger partial charge in [-0.25, -0.2) is 12.7 Å². The minimum Gasteiger partial charge on any atom is -0.352 e. The van der Waals surface area contributed by atoms with Gasteiger partial charge in [0.25, 0.3) is 15.9 Å². The zero-order valence-electron chi connectivity index (χ0n) is 19.3. The molecule has 182 valence electrons. The molecule has 1 N–H and O–H groups in total. The Hall–Kier alpha value is -2.91. The van der Waals surface area contributed by atoms with Crippen LogP contribution in [0.25, 0.3) is 0 Å². The topological polar surface area (TPSA) is 104 Å². The van der Waals surface area contributed by atoms with E-state index in [1.54, 1.807) is 43.3 Å². The quantitative estimate of drug-likeness (QED) is 0.563. The van der Waals surface area contributed by atoms with Gasteiger partial charge in [-0.2, -0.15) is 0 Å². The Kier molecular flexibility index (Phi) is 7.99. The summed E-state index contributed by atoms with van der Waals surface area (Å²) in [5.41, 5.74) is 0.937. The molecular weight excluding hydrogens is 478 g/mol. The molecule has 3 amide bonds. The number of benzene rings is 2. The van der Waals surface area contributed by atoms with Crippen molar-refractivity contribution in [2.75, 3.05) is 6.54 Å². The molecule has 0 aromatic heterocycles. The maximum Gasteiger partial charge on any atom is 0.269 e. The summed E-state index contributed by atoms with van der Waals surface area (Å²) in [5.74, 6) is -1.20. The number of hydrogen-bond acceptors (Lipinski definition) is 5. The smallest absolute Gasteiger partial charge is 0.269 e. The van der Waals surface area contributed by atoms with Crippen molar-refractivity contribution in [3.63, 3.8) is 0 Å². The van der Waals surface area contributed by atoms with E-state index in [9.17, 15) is 22.8 Å². The molecule has 0 saturated heterocycles. The van der Waals surface area contributed by atoms with Gasteiger partial charge in [0.2, 0.25) is 11.8 Å². The highest BCUT2D eigenvalue weighted by Crippen LogP contribution is 2.30.